The minimum absolute atomic E-state index is 0.148. The van der Waals surface area contributed by atoms with Crippen LogP contribution in [0.3, 0.4) is 0 Å². The van der Waals surface area contributed by atoms with Gasteiger partial charge in [0.15, 0.2) is 0 Å². The van der Waals surface area contributed by atoms with E-state index in [1.807, 2.05) is 0 Å². The molecule has 0 aromatic rings. The van der Waals surface area contributed by atoms with Crippen LogP contribution in [0.25, 0.3) is 0 Å². The van der Waals surface area contributed by atoms with Crippen LogP contribution in [0.15, 0.2) is 0 Å². The van der Waals surface area contributed by atoms with Crippen LogP contribution in [-0.2, 0) is 25.0 Å². The lowest BCUT2D eigenvalue weighted by Gasteiger charge is -2.53. The summed E-state index contributed by atoms with van der Waals surface area (Å²) >= 11 is 0. The van der Waals surface area contributed by atoms with Crippen LogP contribution >= 0.6 is 0 Å². The van der Waals surface area contributed by atoms with Crippen molar-refractivity contribution < 1.29 is 40.3 Å². The zero-order valence-electron chi connectivity index (χ0n) is 13.9. The second-order valence-corrected chi connectivity index (χ2v) is 8.84. The van der Waals surface area contributed by atoms with Crippen molar-refractivity contribution in [2.75, 3.05) is 6.61 Å². The number of esters is 1. The summed E-state index contributed by atoms with van der Waals surface area (Å²) in [5.41, 5.74) is -0.769. The highest BCUT2D eigenvalue weighted by atomic mass is 32.2. The largest absolute Gasteiger partial charge is 0.465 e. The Bertz CT molecular complexity index is 664. The van der Waals surface area contributed by atoms with Crippen LogP contribution in [-0.4, -0.2) is 38.0 Å². The smallest absolute Gasteiger partial charge is 0.404 e. The third-order valence-electron chi connectivity index (χ3n) is 5.96. The van der Waals surface area contributed by atoms with Gasteiger partial charge in [0.2, 0.25) is 10.7 Å². The first-order valence-electron chi connectivity index (χ1n) is 8.60. The van der Waals surface area contributed by atoms with Gasteiger partial charge in [-0.25, -0.2) is 8.42 Å². The average Bonchev–Trinajstić information content (AvgIpc) is 2.55. The Hall–Kier alpha value is -1.19. The molecule has 4 fully saturated rings. The zero-order valence-corrected chi connectivity index (χ0v) is 14.8. The zero-order chi connectivity index (χ0) is 19.3. The molecule has 10 heteroatoms. The highest BCUT2D eigenvalue weighted by molar-refractivity contribution is 7.73. The number of Topliss-reactive ketones (excluding diaryl/α,β-unsaturated/α-hetero) is 1. The van der Waals surface area contributed by atoms with Crippen molar-refractivity contribution in [3.63, 3.8) is 0 Å². The number of carbonyl (C=O) groups is 2. The molecule has 148 valence electrons. The molecule has 4 saturated carbocycles. The van der Waals surface area contributed by atoms with Gasteiger partial charge < -0.3 is 4.74 Å². The standard InChI is InChI=1S/C16H20F4O5S/c17-15(18,16(19,20)26(23)24)2-1-3-25-13(22)14-6-9-4-10(7-14)12(21)11(5-9)8-14/h9-11,26H,1-8H2. The van der Waals surface area contributed by atoms with Crippen LogP contribution in [0.4, 0.5) is 17.6 Å². The van der Waals surface area contributed by atoms with E-state index in [2.05, 4.69) is 0 Å². The minimum Gasteiger partial charge on any atom is -0.465 e. The quantitative estimate of drug-likeness (QED) is 0.308. The Morgan fingerprint density at radius 2 is 1.69 bits per heavy atom. The number of ether oxygens (including phenoxy) is 1. The summed E-state index contributed by atoms with van der Waals surface area (Å²) in [6, 6.07) is 0. The highest BCUT2D eigenvalue weighted by Gasteiger charge is 2.60. The number of ketones is 1. The maximum Gasteiger partial charge on any atom is 0.404 e. The molecule has 5 nitrogen and oxygen atoms in total. The third kappa shape index (κ3) is 3.14. The van der Waals surface area contributed by atoms with Crippen molar-refractivity contribution >= 4 is 22.5 Å². The fourth-order valence-electron chi connectivity index (χ4n) is 4.89. The lowest BCUT2D eigenvalue weighted by Crippen LogP contribution is -2.54. The molecule has 4 aliphatic rings. The Morgan fingerprint density at radius 1 is 1.12 bits per heavy atom. The van der Waals surface area contributed by atoms with E-state index in [-0.39, 0.29) is 23.5 Å². The molecule has 4 rings (SSSR count). The number of halogens is 4. The molecule has 0 saturated heterocycles. The van der Waals surface area contributed by atoms with Gasteiger partial charge in [0.25, 0.3) is 0 Å². The lowest BCUT2D eigenvalue weighted by atomic mass is 9.49. The molecule has 0 amide bonds. The van der Waals surface area contributed by atoms with Gasteiger partial charge in [0.1, 0.15) is 5.78 Å². The number of hydrogen-bond donors (Lipinski definition) is 1. The second-order valence-electron chi connectivity index (χ2n) is 7.77. The normalized spacial score (nSPS) is 33.7. The first-order chi connectivity index (χ1) is 12.0. The summed E-state index contributed by atoms with van der Waals surface area (Å²) in [4.78, 5) is 24.6. The molecule has 2 atom stereocenters. The molecular formula is C16H20F4O5S. The number of carbonyl (C=O) groups excluding carboxylic acids is 2. The summed E-state index contributed by atoms with van der Waals surface area (Å²) in [5, 5.41) is -5.13. The Labute approximate surface area is 149 Å². The molecule has 0 aromatic heterocycles. The molecule has 2 unspecified atom stereocenters. The van der Waals surface area contributed by atoms with Crippen LogP contribution in [0.2, 0.25) is 0 Å². The van der Waals surface area contributed by atoms with Gasteiger partial charge in [-0.3, -0.25) is 9.59 Å². The van der Waals surface area contributed by atoms with Crippen LogP contribution in [0.1, 0.15) is 44.9 Å². The lowest BCUT2D eigenvalue weighted by molar-refractivity contribution is -0.177. The summed E-state index contributed by atoms with van der Waals surface area (Å²) in [7, 11) is -4.61. The van der Waals surface area contributed by atoms with Crippen molar-refractivity contribution in [1.29, 1.82) is 0 Å². The summed E-state index contributed by atoms with van der Waals surface area (Å²) in [5.74, 6) is -5.10. The number of rotatable bonds is 7. The van der Waals surface area contributed by atoms with Crippen molar-refractivity contribution in [1.82, 2.24) is 0 Å². The SMILES string of the molecule is O=C1C2CC3CC1CC(C(=O)OCCCC(F)(F)C(F)(F)[SH](=O)=O)(C3)C2. The molecule has 0 spiro atoms. The van der Waals surface area contributed by atoms with Crippen LogP contribution < -0.4 is 0 Å². The average molecular weight is 400 g/mol. The Balaban J connectivity index is 1.53. The fourth-order valence-corrected chi connectivity index (χ4v) is 5.27. The maximum atomic E-state index is 13.3. The van der Waals surface area contributed by atoms with Crippen molar-refractivity contribution in [3.05, 3.63) is 0 Å². The van der Waals surface area contributed by atoms with Crippen LogP contribution in [0.5, 0.6) is 0 Å². The Kier molecular flexibility index (Phi) is 4.86. The third-order valence-corrected chi connectivity index (χ3v) is 6.75. The highest BCUT2D eigenvalue weighted by Crippen LogP contribution is 2.59. The molecule has 0 N–H and O–H groups in total. The second kappa shape index (κ2) is 6.45. The fraction of sp³-hybridized carbons (Fsp3) is 0.875. The van der Waals surface area contributed by atoms with Gasteiger partial charge >= 0.3 is 17.1 Å². The van der Waals surface area contributed by atoms with Crippen molar-refractivity contribution in [3.8, 4) is 0 Å². The predicted octanol–water partition coefficient (Wildman–Crippen LogP) is 2.54. The predicted molar refractivity (Wildman–Crippen MR) is 81.4 cm³/mol. The van der Waals surface area contributed by atoms with Crippen molar-refractivity contribution in [2.24, 2.45) is 23.2 Å². The van der Waals surface area contributed by atoms with Gasteiger partial charge in [0, 0.05) is 18.3 Å². The van der Waals surface area contributed by atoms with Gasteiger partial charge in [0.05, 0.1) is 12.0 Å². The number of thiol groups is 1. The molecular weight excluding hydrogens is 380 g/mol. The summed E-state index contributed by atoms with van der Waals surface area (Å²) in [6.07, 6.45) is 0.985. The first kappa shape index (κ1) is 19.6. The van der Waals surface area contributed by atoms with E-state index >= 15 is 0 Å². The van der Waals surface area contributed by atoms with E-state index < -0.39 is 52.7 Å². The molecule has 0 aromatic carbocycles. The molecule has 0 radical (unpaired) electrons. The monoisotopic (exact) mass is 400 g/mol. The van der Waals surface area contributed by atoms with E-state index in [9.17, 15) is 35.6 Å². The van der Waals surface area contributed by atoms with E-state index in [1.54, 1.807) is 0 Å². The van der Waals surface area contributed by atoms with E-state index in [4.69, 9.17) is 4.74 Å². The Morgan fingerprint density at radius 3 is 2.23 bits per heavy atom. The topological polar surface area (TPSA) is 77.5 Å². The molecule has 4 bridgehead atoms. The number of hydrogen-bond acceptors (Lipinski definition) is 5. The van der Waals surface area contributed by atoms with Crippen LogP contribution in [0, 0.1) is 23.2 Å². The summed E-state index contributed by atoms with van der Waals surface area (Å²) in [6.45, 7) is -0.490. The molecule has 4 aliphatic carbocycles. The molecule has 0 heterocycles. The van der Waals surface area contributed by atoms with Gasteiger partial charge in [-0.2, -0.15) is 17.6 Å². The molecule has 26 heavy (non-hydrogen) atoms. The number of alkyl halides is 4. The first-order valence-corrected chi connectivity index (χ1v) is 9.77. The van der Waals surface area contributed by atoms with E-state index in [1.165, 1.54) is 0 Å². The van der Waals surface area contributed by atoms with Gasteiger partial charge in [-0.1, -0.05) is 0 Å². The van der Waals surface area contributed by atoms with Gasteiger partial charge in [-0.15, -0.1) is 0 Å². The summed E-state index contributed by atoms with van der Waals surface area (Å²) < 4.78 is 78.2. The molecule has 0 aliphatic heterocycles. The van der Waals surface area contributed by atoms with E-state index in [0.717, 1.165) is 12.8 Å². The van der Waals surface area contributed by atoms with E-state index in [0.29, 0.717) is 19.3 Å². The minimum atomic E-state index is -5.13. The van der Waals surface area contributed by atoms with Gasteiger partial charge in [-0.05, 0) is 44.4 Å². The maximum absolute atomic E-state index is 13.3. The van der Waals surface area contributed by atoms with Crippen molar-refractivity contribution in [2.45, 2.75) is 56.1 Å².